The number of aromatic nitrogens is 4. The summed E-state index contributed by atoms with van der Waals surface area (Å²) in [7, 11) is 1.64. The molecule has 0 fully saturated rings. The summed E-state index contributed by atoms with van der Waals surface area (Å²) in [4.78, 5) is 0.792. The summed E-state index contributed by atoms with van der Waals surface area (Å²) in [6.07, 6.45) is 0. The van der Waals surface area contributed by atoms with Crippen molar-refractivity contribution in [3.63, 3.8) is 0 Å². The molecule has 0 aliphatic heterocycles. The molecule has 2 aromatic heterocycles. The lowest BCUT2D eigenvalue weighted by Gasteiger charge is -2.01. The topological polar surface area (TPSA) is 52.3 Å². The third kappa shape index (κ3) is 2.13. The first-order valence-electron chi connectivity index (χ1n) is 5.96. The molecule has 3 rings (SSSR count). The van der Waals surface area contributed by atoms with Crippen molar-refractivity contribution in [3.8, 4) is 10.6 Å². The van der Waals surface area contributed by atoms with E-state index in [9.17, 15) is 0 Å². The first-order valence-corrected chi connectivity index (χ1v) is 6.78. The predicted octanol–water partition coefficient (Wildman–Crippen LogP) is 2.62. The highest BCUT2D eigenvalue weighted by molar-refractivity contribution is 7.19. The van der Waals surface area contributed by atoms with E-state index in [1.807, 2.05) is 0 Å². The van der Waals surface area contributed by atoms with E-state index in [0.29, 0.717) is 6.61 Å². The number of rotatable bonds is 3. The third-order valence-electron chi connectivity index (χ3n) is 3.08. The second-order valence-corrected chi connectivity index (χ2v) is 5.41. The second-order valence-electron chi connectivity index (χ2n) is 4.45. The first kappa shape index (κ1) is 12.3. The standard InChI is InChI=1S/C13H14N4OS/c1-8-4-5-10(6-9(8)2)12-16-17-11(7-18-3)14-15-13(17)19-12/h4-6H,7H2,1-3H3. The van der Waals surface area contributed by atoms with Crippen LogP contribution in [0.5, 0.6) is 0 Å². The van der Waals surface area contributed by atoms with Gasteiger partial charge in [0.15, 0.2) is 5.82 Å². The van der Waals surface area contributed by atoms with E-state index < -0.39 is 0 Å². The number of ether oxygens (including phenoxy) is 1. The molecular weight excluding hydrogens is 260 g/mol. The highest BCUT2D eigenvalue weighted by Gasteiger charge is 2.12. The van der Waals surface area contributed by atoms with Crippen LogP contribution in [0.15, 0.2) is 18.2 Å². The largest absolute Gasteiger partial charge is 0.377 e. The van der Waals surface area contributed by atoms with Gasteiger partial charge in [-0.1, -0.05) is 23.5 Å². The molecule has 0 aliphatic carbocycles. The fourth-order valence-corrected chi connectivity index (χ4v) is 2.72. The molecule has 98 valence electrons. The molecule has 0 radical (unpaired) electrons. The summed E-state index contributed by atoms with van der Waals surface area (Å²) >= 11 is 1.53. The molecule has 1 aromatic carbocycles. The van der Waals surface area contributed by atoms with Gasteiger partial charge in [-0.2, -0.15) is 9.61 Å². The quantitative estimate of drug-likeness (QED) is 0.736. The third-order valence-corrected chi connectivity index (χ3v) is 4.03. The zero-order chi connectivity index (χ0) is 13.4. The Labute approximate surface area is 114 Å². The van der Waals surface area contributed by atoms with Crippen LogP contribution in [-0.4, -0.2) is 26.9 Å². The monoisotopic (exact) mass is 274 g/mol. The Balaban J connectivity index is 2.07. The molecule has 0 saturated heterocycles. The van der Waals surface area contributed by atoms with Crippen LogP contribution in [0.2, 0.25) is 0 Å². The van der Waals surface area contributed by atoms with Crippen LogP contribution in [0.4, 0.5) is 0 Å². The van der Waals surface area contributed by atoms with Crippen molar-refractivity contribution in [3.05, 3.63) is 35.2 Å². The molecule has 6 heteroatoms. The molecule has 0 spiro atoms. The van der Waals surface area contributed by atoms with Gasteiger partial charge in [0.05, 0.1) is 0 Å². The molecular formula is C13H14N4OS. The highest BCUT2D eigenvalue weighted by Crippen LogP contribution is 2.27. The molecule has 5 nitrogen and oxygen atoms in total. The van der Waals surface area contributed by atoms with Crippen LogP contribution >= 0.6 is 11.3 Å². The van der Waals surface area contributed by atoms with Crippen molar-refractivity contribution in [1.29, 1.82) is 0 Å². The van der Waals surface area contributed by atoms with Crippen molar-refractivity contribution in [2.24, 2.45) is 0 Å². The molecule has 19 heavy (non-hydrogen) atoms. The molecule has 3 aromatic rings. The predicted molar refractivity (Wildman–Crippen MR) is 74.3 cm³/mol. The molecule has 0 N–H and O–H groups in total. The van der Waals surface area contributed by atoms with Gasteiger partial charge in [0.1, 0.15) is 11.6 Å². The SMILES string of the molecule is COCc1nnc2sc(-c3ccc(C)c(C)c3)nn12. The van der Waals surface area contributed by atoms with Gasteiger partial charge in [-0.3, -0.25) is 0 Å². The number of benzene rings is 1. The maximum atomic E-state index is 5.09. The van der Waals surface area contributed by atoms with Crippen molar-refractivity contribution < 1.29 is 4.74 Å². The molecule has 0 aliphatic rings. The van der Waals surface area contributed by atoms with Gasteiger partial charge in [-0.15, -0.1) is 10.2 Å². The lowest BCUT2D eigenvalue weighted by molar-refractivity contribution is 0.176. The van der Waals surface area contributed by atoms with E-state index >= 15 is 0 Å². The maximum Gasteiger partial charge on any atom is 0.235 e. The van der Waals surface area contributed by atoms with Gasteiger partial charge < -0.3 is 4.74 Å². The smallest absolute Gasteiger partial charge is 0.235 e. The molecule has 0 saturated carbocycles. The number of fused-ring (bicyclic) bond motifs is 1. The van der Waals surface area contributed by atoms with Gasteiger partial charge in [0, 0.05) is 12.7 Å². The normalized spacial score (nSPS) is 11.3. The minimum absolute atomic E-state index is 0.414. The Morgan fingerprint density at radius 2 is 2.05 bits per heavy atom. The zero-order valence-corrected chi connectivity index (χ0v) is 11.9. The van der Waals surface area contributed by atoms with E-state index in [2.05, 4.69) is 47.3 Å². The number of hydrogen-bond donors (Lipinski definition) is 0. The molecule has 0 atom stereocenters. The van der Waals surface area contributed by atoms with Gasteiger partial charge >= 0.3 is 0 Å². The first-order chi connectivity index (χ1) is 9.19. The number of methoxy groups -OCH3 is 1. The van der Waals surface area contributed by atoms with Crippen molar-refractivity contribution in [2.75, 3.05) is 7.11 Å². The van der Waals surface area contributed by atoms with Crippen molar-refractivity contribution in [1.82, 2.24) is 19.8 Å². The second kappa shape index (κ2) is 4.71. The number of nitrogens with zero attached hydrogens (tertiary/aromatic N) is 4. The Kier molecular flexibility index (Phi) is 3.04. The van der Waals surface area contributed by atoms with Gasteiger partial charge in [0.25, 0.3) is 0 Å². The van der Waals surface area contributed by atoms with E-state index in [4.69, 9.17) is 4.74 Å². The fourth-order valence-electron chi connectivity index (χ4n) is 1.87. The van der Waals surface area contributed by atoms with Crippen LogP contribution in [0, 0.1) is 13.8 Å². The zero-order valence-electron chi connectivity index (χ0n) is 11.0. The van der Waals surface area contributed by atoms with Gasteiger partial charge in [-0.05, 0) is 31.0 Å². The molecule has 2 heterocycles. The Morgan fingerprint density at radius 1 is 1.21 bits per heavy atom. The average molecular weight is 274 g/mol. The van der Waals surface area contributed by atoms with Gasteiger partial charge in [-0.25, -0.2) is 0 Å². The van der Waals surface area contributed by atoms with E-state index in [-0.39, 0.29) is 0 Å². The lowest BCUT2D eigenvalue weighted by atomic mass is 10.1. The number of hydrogen-bond acceptors (Lipinski definition) is 5. The maximum absolute atomic E-state index is 5.09. The average Bonchev–Trinajstić information content (AvgIpc) is 2.95. The van der Waals surface area contributed by atoms with Crippen LogP contribution in [0.25, 0.3) is 15.5 Å². The van der Waals surface area contributed by atoms with Crippen LogP contribution in [0.1, 0.15) is 17.0 Å². The number of aryl methyl sites for hydroxylation is 2. The molecule has 0 amide bonds. The summed E-state index contributed by atoms with van der Waals surface area (Å²) in [6.45, 7) is 4.63. The van der Waals surface area contributed by atoms with Crippen LogP contribution < -0.4 is 0 Å². The van der Waals surface area contributed by atoms with Crippen LogP contribution in [-0.2, 0) is 11.3 Å². The van der Waals surface area contributed by atoms with E-state index in [0.717, 1.165) is 21.4 Å². The fraction of sp³-hybridized carbons (Fsp3) is 0.308. The van der Waals surface area contributed by atoms with Crippen molar-refractivity contribution >= 4 is 16.3 Å². The Hall–Kier alpha value is -1.79. The van der Waals surface area contributed by atoms with E-state index in [1.165, 1.54) is 22.5 Å². The lowest BCUT2D eigenvalue weighted by Crippen LogP contribution is -1.97. The summed E-state index contributed by atoms with van der Waals surface area (Å²) in [5.74, 6) is 0.726. The molecule has 0 bridgehead atoms. The Morgan fingerprint density at radius 3 is 2.79 bits per heavy atom. The minimum atomic E-state index is 0.414. The molecule has 0 unspecified atom stereocenters. The van der Waals surface area contributed by atoms with Crippen LogP contribution in [0.3, 0.4) is 0 Å². The van der Waals surface area contributed by atoms with Gasteiger partial charge in [0.2, 0.25) is 4.96 Å². The summed E-state index contributed by atoms with van der Waals surface area (Å²) in [6, 6.07) is 6.35. The minimum Gasteiger partial charge on any atom is -0.377 e. The summed E-state index contributed by atoms with van der Waals surface area (Å²) in [5, 5.41) is 13.7. The van der Waals surface area contributed by atoms with E-state index in [1.54, 1.807) is 11.6 Å². The van der Waals surface area contributed by atoms with Crippen molar-refractivity contribution in [2.45, 2.75) is 20.5 Å². The highest BCUT2D eigenvalue weighted by atomic mass is 32.1. The summed E-state index contributed by atoms with van der Waals surface area (Å²) in [5.41, 5.74) is 3.66. The summed E-state index contributed by atoms with van der Waals surface area (Å²) < 4.78 is 6.83. The Bertz CT molecular complexity index is 731.